The number of nitrogens with zero attached hydrogens (tertiary/aromatic N) is 1. The van der Waals surface area contributed by atoms with E-state index >= 15 is 0 Å². The molecule has 0 atom stereocenters. The predicted molar refractivity (Wildman–Crippen MR) is 71.0 cm³/mol. The van der Waals surface area contributed by atoms with Crippen LogP contribution in [0, 0.1) is 12.7 Å². The number of benzene rings is 1. The largest absolute Gasteiger partial charge is 0.306 e. The van der Waals surface area contributed by atoms with Crippen molar-refractivity contribution in [3.8, 4) is 0 Å². The number of amides is 1. The molecule has 0 spiro atoms. The number of nitrogens with one attached hydrogen (secondary N) is 1. The number of pyridine rings is 1. The van der Waals surface area contributed by atoms with Gasteiger partial charge >= 0.3 is 0 Å². The molecule has 1 heterocycles. The van der Waals surface area contributed by atoms with Gasteiger partial charge in [-0.2, -0.15) is 0 Å². The Kier molecular flexibility index (Phi) is 3.72. The van der Waals surface area contributed by atoms with Gasteiger partial charge in [-0.3, -0.25) is 4.79 Å². The van der Waals surface area contributed by atoms with Gasteiger partial charge in [-0.05, 0) is 47.1 Å². The van der Waals surface area contributed by atoms with Crippen LogP contribution in [0.3, 0.4) is 0 Å². The average Bonchev–Trinajstić information content (AvgIpc) is 2.35. The predicted octanol–water partition coefficient (Wildman–Crippen LogP) is 3.54. The third-order valence-corrected chi connectivity index (χ3v) is 3.00. The lowest BCUT2D eigenvalue weighted by Crippen LogP contribution is -2.15. The first-order valence-electron chi connectivity index (χ1n) is 5.26. The maximum atomic E-state index is 13.5. The van der Waals surface area contributed by atoms with Gasteiger partial charge in [0.2, 0.25) is 0 Å². The molecule has 0 radical (unpaired) electrons. The van der Waals surface area contributed by atoms with Crippen molar-refractivity contribution >= 4 is 27.7 Å². The standard InChI is InChI=1S/C13H10BrFN2O/c1-8-4-5-11(15)9(7-8)13(18)17-12-10(14)3-2-6-16-12/h2-7H,1H3,(H,16,17,18). The van der Waals surface area contributed by atoms with Crippen molar-refractivity contribution in [1.82, 2.24) is 4.98 Å². The van der Waals surface area contributed by atoms with Crippen LogP contribution in [-0.2, 0) is 0 Å². The molecule has 18 heavy (non-hydrogen) atoms. The molecular weight excluding hydrogens is 299 g/mol. The van der Waals surface area contributed by atoms with E-state index in [0.717, 1.165) is 5.56 Å². The van der Waals surface area contributed by atoms with Gasteiger partial charge in [0.15, 0.2) is 0 Å². The molecule has 2 aromatic rings. The lowest BCUT2D eigenvalue weighted by Gasteiger charge is -2.07. The van der Waals surface area contributed by atoms with E-state index in [1.165, 1.54) is 12.1 Å². The molecular formula is C13H10BrFN2O. The summed E-state index contributed by atoms with van der Waals surface area (Å²) < 4.78 is 14.2. The van der Waals surface area contributed by atoms with E-state index in [2.05, 4.69) is 26.2 Å². The highest BCUT2D eigenvalue weighted by Crippen LogP contribution is 2.20. The van der Waals surface area contributed by atoms with Gasteiger partial charge < -0.3 is 5.32 Å². The molecule has 1 amide bonds. The van der Waals surface area contributed by atoms with Gasteiger partial charge in [0, 0.05) is 6.20 Å². The van der Waals surface area contributed by atoms with Crippen molar-refractivity contribution in [1.29, 1.82) is 0 Å². The minimum absolute atomic E-state index is 0.00699. The van der Waals surface area contributed by atoms with Crippen molar-refractivity contribution in [2.75, 3.05) is 5.32 Å². The van der Waals surface area contributed by atoms with E-state index in [9.17, 15) is 9.18 Å². The van der Waals surface area contributed by atoms with Gasteiger partial charge in [-0.1, -0.05) is 11.6 Å². The van der Waals surface area contributed by atoms with Crippen molar-refractivity contribution in [2.24, 2.45) is 0 Å². The number of aryl methyl sites for hydroxylation is 1. The molecule has 0 unspecified atom stereocenters. The fourth-order valence-corrected chi connectivity index (χ4v) is 1.82. The summed E-state index contributed by atoms with van der Waals surface area (Å²) in [6.45, 7) is 1.80. The Morgan fingerprint density at radius 2 is 2.17 bits per heavy atom. The zero-order valence-corrected chi connectivity index (χ0v) is 11.2. The fourth-order valence-electron chi connectivity index (χ4n) is 1.47. The first-order valence-corrected chi connectivity index (χ1v) is 6.05. The second-order valence-electron chi connectivity index (χ2n) is 3.77. The second kappa shape index (κ2) is 5.27. The summed E-state index contributed by atoms with van der Waals surface area (Å²) in [4.78, 5) is 15.9. The quantitative estimate of drug-likeness (QED) is 0.922. The van der Waals surface area contributed by atoms with E-state index < -0.39 is 11.7 Å². The lowest BCUT2D eigenvalue weighted by atomic mass is 10.1. The third kappa shape index (κ3) is 2.73. The highest BCUT2D eigenvalue weighted by atomic mass is 79.9. The molecule has 1 N–H and O–H groups in total. The zero-order chi connectivity index (χ0) is 13.1. The van der Waals surface area contributed by atoms with Crippen LogP contribution in [0.15, 0.2) is 41.0 Å². The highest BCUT2D eigenvalue weighted by molar-refractivity contribution is 9.10. The summed E-state index contributed by atoms with van der Waals surface area (Å²) >= 11 is 3.26. The summed E-state index contributed by atoms with van der Waals surface area (Å²) in [6.07, 6.45) is 1.55. The Bertz CT molecular complexity index is 601. The van der Waals surface area contributed by atoms with E-state index in [-0.39, 0.29) is 5.56 Å². The highest BCUT2D eigenvalue weighted by Gasteiger charge is 2.13. The number of hydrogen-bond acceptors (Lipinski definition) is 2. The van der Waals surface area contributed by atoms with E-state index in [1.807, 2.05) is 0 Å². The average molecular weight is 309 g/mol. The molecule has 0 aliphatic carbocycles. The minimum Gasteiger partial charge on any atom is -0.306 e. The van der Waals surface area contributed by atoms with E-state index in [1.54, 1.807) is 31.3 Å². The Hall–Kier alpha value is -1.75. The Balaban J connectivity index is 2.28. The zero-order valence-electron chi connectivity index (χ0n) is 9.58. The number of anilines is 1. The van der Waals surface area contributed by atoms with Crippen LogP contribution in [0.5, 0.6) is 0 Å². The van der Waals surface area contributed by atoms with Crippen LogP contribution >= 0.6 is 15.9 Å². The molecule has 0 bridgehead atoms. The van der Waals surface area contributed by atoms with Crippen molar-refractivity contribution in [3.05, 3.63) is 57.9 Å². The molecule has 92 valence electrons. The third-order valence-electron chi connectivity index (χ3n) is 2.36. The number of halogens is 2. The number of aromatic nitrogens is 1. The summed E-state index contributed by atoms with van der Waals surface area (Å²) in [5, 5.41) is 2.56. The summed E-state index contributed by atoms with van der Waals surface area (Å²) in [5.41, 5.74) is 0.828. The topological polar surface area (TPSA) is 42.0 Å². The van der Waals surface area contributed by atoms with Gasteiger partial charge in [0.05, 0.1) is 10.0 Å². The molecule has 5 heteroatoms. The number of carbonyl (C=O) groups excluding carboxylic acids is 1. The maximum absolute atomic E-state index is 13.5. The van der Waals surface area contributed by atoms with Crippen molar-refractivity contribution in [3.63, 3.8) is 0 Å². The summed E-state index contributed by atoms with van der Waals surface area (Å²) in [5.74, 6) is -0.704. The second-order valence-corrected chi connectivity index (χ2v) is 4.63. The Labute approximate surface area is 112 Å². The van der Waals surface area contributed by atoms with Gasteiger partial charge in [-0.15, -0.1) is 0 Å². The van der Waals surface area contributed by atoms with Crippen LogP contribution in [0.4, 0.5) is 10.2 Å². The van der Waals surface area contributed by atoms with Crippen molar-refractivity contribution in [2.45, 2.75) is 6.92 Å². The molecule has 3 nitrogen and oxygen atoms in total. The number of rotatable bonds is 2. The lowest BCUT2D eigenvalue weighted by molar-refractivity contribution is 0.102. The first-order chi connectivity index (χ1) is 8.58. The van der Waals surface area contributed by atoms with Crippen LogP contribution in [-0.4, -0.2) is 10.9 Å². The maximum Gasteiger partial charge on any atom is 0.259 e. The van der Waals surface area contributed by atoms with Gasteiger partial charge in [-0.25, -0.2) is 9.37 Å². The van der Waals surface area contributed by atoms with Gasteiger partial charge in [0.1, 0.15) is 11.6 Å². The number of hydrogen-bond donors (Lipinski definition) is 1. The molecule has 0 aliphatic heterocycles. The van der Waals surface area contributed by atoms with Gasteiger partial charge in [0.25, 0.3) is 5.91 Å². The first kappa shape index (κ1) is 12.7. The summed E-state index contributed by atoms with van der Waals surface area (Å²) in [6, 6.07) is 7.87. The van der Waals surface area contributed by atoms with Crippen molar-refractivity contribution < 1.29 is 9.18 Å². The fraction of sp³-hybridized carbons (Fsp3) is 0.0769. The van der Waals surface area contributed by atoms with Crippen LogP contribution < -0.4 is 5.32 Å². The van der Waals surface area contributed by atoms with Crippen LogP contribution in [0.1, 0.15) is 15.9 Å². The summed E-state index contributed by atoms with van der Waals surface area (Å²) in [7, 11) is 0. The molecule has 0 saturated carbocycles. The van der Waals surface area contributed by atoms with E-state index in [4.69, 9.17) is 0 Å². The monoisotopic (exact) mass is 308 g/mol. The molecule has 0 saturated heterocycles. The Morgan fingerprint density at radius 3 is 2.89 bits per heavy atom. The Morgan fingerprint density at radius 1 is 1.39 bits per heavy atom. The number of carbonyl (C=O) groups is 1. The van der Waals surface area contributed by atoms with E-state index in [0.29, 0.717) is 10.3 Å². The SMILES string of the molecule is Cc1ccc(F)c(C(=O)Nc2ncccc2Br)c1. The van der Waals surface area contributed by atoms with Crippen LogP contribution in [0.2, 0.25) is 0 Å². The normalized spacial score (nSPS) is 10.2. The molecule has 1 aromatic carbocycles. The molecule has 2 rings (SSSR count). The minimum atomic E-state index is -0.551. The molecule has 0 fully saturated rings. The smallest absolute Gasteiger partial charge is 0.259 e. The molecule has 0 aliphatic rings. The van der Waals surface area contributed by atoms with Crippen LogP contribution in [0.25, 0.3) is 0 Å². The molecule has 1 aromatic heterocycles.